The van der Waals surface area contributed by atoms with E-state index in [0.29, 0.717) is 16.3 Å². The van der Waals surface area contributed by atoms with E-state index in [-0.39, 0.29) is 15.6 Å². The van der Waals surface area contributed by atoms with Gasteiger partial charge in [0, 0.05) is 16.1 Å². The van der Waals surface area contributed by atoms with E-state index < -0.39 is 11.7 Å². The third-order valence-corrected chi connectivity index (χ3v) is 3.42. The summed E-state index contributed by atoms with van der Waals surface area (Å²) in [6.07, 6.45) is 0. The largest absolute Gasteiger partial charge is 0.389 e. The highest BCUT2D eigenvalue weighted by molar-refractivity contribution is 7.80. The summed E-state index contributed by atoms with van der Waals surface area (Å²) in [6, 6.07) is 8.42. The SMILES string of the molecule is NC(=S)c1ccc(Cl)cc1NC(=O)c1ccc(F)c(Cl)c1. The van der Waals surface area contributed by atoms with Crippen molar-refractivity contribution in [3.8, 4) is 0 Å². The van der Waals surface area contributed by atoms with Crippen LogP contribution >= 0.6 is 35.4 Å². The zero-order valence-corrected chi connectivity index (χ0v) is 12.8. The lowest BCUT2D eigenvalue weighted by molar-refractivity contribution is 0.102. The average Bonchev–Trinajstić information content (AvgIpc) is 2.41. The highest BCUT2D eigenvalue weighted by Crippen LogP contribution is 2.23. The first-order chi connectivity index (χ1) is 9.88. The van der Waals surface area contributed by atoms with Crippen LogP contribution in [-0.2, 0) is 0 Å². The number of carbonyl (C=O) groups is 1. The molecule has 0 spiro atoms. The Bertz CT molecular complexity index is 737. The standard InChI is InChI=1S/C14H9Cl2FN2OS/c15-8-2-3-9(13(18)21)12(6-8)19-14(20)7-1-4-11(17)10(16)5-7/h1-6H,(H2,18,21)(H,19,20). The fraction of sp³-hybridized carbons (Fsp3) is 0. The number of anilines is 1. The third kappa shape index (κ3) is 3.69. The number of hydrogen-bond acceptors (Lipinski definition) is 2. The van der Waals surface area contributed by atoms with Gasteiger partial charge in [0.25, 0.3) is 5.91 Å². The van der Waals surface area contributed by atoms with Crippen LogP contribution in [0.3, 0.4) is 0 Å². The van der Waals surface area contributed by atoms with E-state index in [0.717, 1.165) is 6.07 Å². The molecule has 0 unspecified atom stereocenters. The Morgan fingerprint density at radius 3 is 2.52 bits per heavy atom. The number of nitrogens with one attached hydrogen (secondary N) is 1. The summed E-state index contributed by atoms with van der Waals surface area (Å²) in [5, 5.41) is 2.91. The molecule has 0 aromatic heterocycles. The topological polar surface area (TPSA) is 55.1 Å². The van der Waals surface area contributed by atoms with Crippen molar-refractivity contribution < 1.29 is 9.18 Å². The van der Waals surface area contributed by atoms with Crippen molar-refractivity contribution in [1.82, 2.24) is 0 Å². The number of hydrogen-bond donors (Lipinski definition) is 2. The average molecular weight is 343 g/mol. The minimum Gasteiger partial charge on any atom is -0.389 e. The van der Waals surface area contributed by atoms with Crippen molar-refractivity contribution in [2.75, 3.05) is 5.32 Å². The summed E-state index contributed by atoms with van der Waals surface area (Å²) in [6.45, 7) is 0. The van der Waals surface area contributed by atoms with Crippen LogP contribution in [0.15, 0.2) is 36.4 Å². The van der Waals surface area contributed by atoms with E-state index in [4.69, 9.17) is 41.2 Å². The first kappa shape index (κ1) is 15.7. The molecule has 2 aromatic carbocycles. The highest BCUT2D eigenvalue weighted by atomic mass is 35.5. The van der Waals surface area contributed by atoms with E-state index in [9.17, 15) is 9.18 Å². The van der Waals surface area contributed by atoms with Gasteiger partial charge >= 0.3 is 0 Å². The fourth-order valence-electron chi connectivity index (χ4n) is 1.67. The number of amides is 1. The molecule has 0 aliphatic heterocycles. The number of benzene rings is 2. The van der Waals surface area contributed by atoms with Crippen molar-refractivity contribution in [3.05, 3.63) is 63.4 Å². The van der Waals surface area contributed by atoms with Crippen LogP contribution < -0.4 is 11.1 Å². The van der Waals surface area contributed by atoms with Crippen molar-refractivity contribution in [3.63, 3.8) is 0 Å². The molecule has 0 saturated heterocycles. The van der Waals surface area contributed by atoms with Crippen LogP contribution in [0.1, 0.15) is 15.9 Å². The maximum Gasteiger partial charge on any atom is 0.255 e. The van der Waals surface area contributed by atoms with Crippen LogP contribution in [0.5, 0.6) is 0 Å². The second-order valence-corrected chi connectivity index (χ2v) is 5.42. The molecule has 0 radical (unpaired) electrons. The summed E-state index contributed by atoms with van der Waals surface area (Å²) in [7, 11) is 0. The number of thiocarbonyl (C=S) groups is 1. The fourth-order valence-corrected chi connectivity index (χ4v) is 2.20. The summed E-state index contributed by atoms with van der Waals surface area (Å²) in [5.41, 5.74) is 6.65. The Balaban J connectivity index is 2.33. The molecular weight excluding hydrogens is 334 g/mol. The zero-order valence-electron chi connectivity index (χ0n) is 10.5. The molecule has 0 bridgehead atoms. The first-order valence-corrected chi connectivity index (χ1v) is 6.90. The molecule has 0 saturated carbocycles. The van der Waals surface area contributed by atoms with Crippen LogP contribution in [0.4, 0.5) is 10.1 Å². The molecule has 0 atom stereocenters. The summed E-state index contributed by atoms with van der Waals surface area (Å²) in [5.74, 6) is -1.07. The Morgan fingerprint density at radius 2 is 1.90 bits per heavy atom. The van der Waals surface area contributed by atoms with Gasteiger partial charge in [-0.2, -0.15) is 0 Å². The Hall–Kier alpha value is -1.69. The monoisotopic (exact) mass is 342 g/mol. The molecule has 21 heavy (non-hydrogen) atoms. The van der Waals surface area contributed by atoms with Crippen LogP contribution in [0, 0.1) is 5.82 Å². The maximum absolute atomic E-state index is 13.1. The maximum atomic E-state index is 13.1. The molecule has 1 amide bonds. The number of rotatable bonds is 3. The van der Waals surface area contributed by atoms with Gasteiger partial charge in [-0.15, -0.1) is 0 Å². The lowest BCUT2D eigenvalue weighted by Crippen LogP contribution is -2.17. The molecule has 7 heteroatoms. The van der Waals surface area contributed by atoms with Gasteiger partial charge in [-0.05, 0) is 36.4 Å². The quantitative estimate of drug-likeness (QED) is 0.828. The van der Waals surface area contributed by atoms with Gasteiger partial charge in [-0.3, -0.25) is 4.79 Å². The van der Waals surface area contributed by atoms with E-state index in [1.54, 1.807) is 12.1 Å². The predicted molar refractivity (Wildman–Crippen MR) is 86.7 cm³/mol. The van der Waals surface area contributed by atoms with Crippen LogP contribution in [0.25, 0.3) is 0 Å². The van der Waals surface area contributed by atoms with Gasteiger partial charge in [0.05, 0.1) is 10.7 Å². The van der Waals surface area contributed by atoms with Crippen LogP contribution in [0.2, 0.25) is 10.0 Å². The summed E-state index contributed by atoms with van der Waals surface area (Å²) in [4.78, 5) is 12.3. The molecular formula is C14H9Cl2FN2OS. The zero-order chi connectivity index (χ0) is 15.6. The summed E-state index contributed by atoms with van der Waals surface area (Å²) >= 11 is 16.5. The Kier molecular flexibility index (Phi) is 4.77. The Labute approximate surface area is 135 Å². The molecule has 2 rings (SSSR count). The van der Waals surface area contributed by atoms with Crippen molar-refractivity contribution in [1.29, 1.82) is 0 Å². The second-order valence-electron chi connectivity index (χ2n) is 4.14. The van der Waals surface area contributed by atoms with E-state index in [1.807, 2.05) is 0 Å². The number of carbonyl (C=O) groups excluding carboxylic acids is 1. The predicted octanol–water partition coefficient (Wildman–Crippen LogP) is 4.02. The molecule has 0 aliphatic rings. The minimum absolute atomic E-state index is 0.124. The van der Waals surface area contributed by atoms with Gasteiger partial charge in [-0.25, -0.2) is 4.39 Å². The smallest absolute Gasteiger partial charge is 0.255 e. The molecule has 2 aromatic rings. The van der Waals surface area contributed by atoms with E-state index >= 15 is 0 Å². The minimum atomic E-state index is -0.597. The third-order valence-electron chi connectivity index (χ3n) is 2.68. The molecule has 0 heterocycles. The van der Waals surface area contributed by atoms with Crippen molar-refractivity contribution >= 4 is 52.0 Å². The van der Waals surface area contributed by atoms with Crippen LogP contribution in [-0.4, -0.2) is 10.9 Å². The summed E-state index contributed by atoms with van der Waals surface area (Å²) < 4.78 is 13.1. The Morgan fingerprint density at radius 1 is 1.19 bits per heavy atom. The highest BCUT2D eigenvalue weighted by Gasteiger charge is 2.13. The first-order valence-electron chi connectivity index (χ1n) is 5.74. The number of nitrogens with two attached hydrogens (primary N) is 1. The van der Waals surface area contributed by atoms with Crippen molar-refractivity contribution in [2.45, 2.75) is 0 Å². The normalized spacial score (nSPS) is 10.2. The van der Waals surface area contributed by atoms with Crippen molar-refractivity contribution in [2.24, 2.45) is 5.73 Å². The molecule has 3 nitrogen and oxygen atoms in total. The van der Waals surface area contributed by atoms with E-state index in [2.05, 4.69) is 5.32 Å². The van der Waals surface area contributed by atoms with Gasteiger partial charge in [0.2, 0.25) is 0 Å². The molecule has 0 fully saturated rings. The molecule has 3 N–H and O–H groups in total. The molecule has 0 aliphatic carbocycles. The van der Waals surface area contributed by atoms with Gasteiger partial charge in [-0.1, -0.05) is 35.4 Å². The van der Waals surface area contributed by atoms with Gasteiger partial charge < -0.3 is 11.1 Å². The molecule has 108 valence electrons. The van der Waals surface area contributed by atoms with Gasteiger partial charge in [0.15, 0.2) is 0 Å². The lowest BCUT2D eigenvalue weighted by Gasteiger charge is -2.11. The number of halogens is 3. The lowest BCUT2D eigenvalue weighted by atomic mass is 10.1. The van der Waals surface area contributed by atoms with Gasteiger partial charge in [0.1, 0.15) is 10.8 Å². The van der Waals surface area contributed by atoms with E-state index in [1.165, 1.54) is 18.2 Å². The second kappa shape index (κ2) is 6.39.